The second-order valence-corrected chi connectivity index (χ2v) is 3.04. The van der Waals surface area contributed by atoms with Gasteiger partial charge < -0.3 is 9.15 Å². The van der Waals surface area contributed by atoms with Crippen LogP contribution in [0.3, 0.4) is 0 Å². The SMILES string of the molecule is COc1cccc2c(C(C)=O)coc12. The molecule has 0 bridgehead atoms. The van der Waals surface area contributed by atoms with E-state index in [-0.39, 0.29) is 5.78 Å². The molecule has 14 heavy (non-hydrogen) atoms. The van der Waals surface area contributed by atoms with Crippen LogP contribution >= 0.6 is 0 Å². The predicted octanol–water partition coefficient (Wildman–Crippen LogP) is 2.64. The number of benzene rings is 1. The van der Waals surface area contributed by atoms with Crippen LogP contribution in [0.25, 0.3) is 11.0 Å². The third-order valence-corrected chi connectivity index (χ3v) is 2.16. The summed E-state index contributed by atoms with van der Waals surface area (Å²) < 4.78 is 10.4. The van der Waals surface area contributed by atoms with E-state index in [0.717, 1.165) is 5.39 Å². The number of para-hydroxylation sites is 1. The van der Waals surface area contributed by atoms with Crippen LogP contribution in [0.5, 0.6) is 5.75 Å². The Kier molecular flexibility index (Phi) is 2.00. The minimum Gasteiger partial charge on any atom is -0.493 e. The zero-order valence-corrected chi connectivity index (χ0v) is 8.03. The molecule has 72 valence electrons. The van der Waals surface area contributed by atoms with Gasteiger partial charge >= 0.3 is 0 Å². The molecule has 0 aliphatic heterocycles. The lowest BCUT2D eigenvalue weighted by Gasteiger charge is -1.98. The van der Waals surface area contributed by atoms with Crippen molar-refractivity contribution >= 4 is 16.8 Å². The number of hydrogen-bond donors (Lipinski definition) is 0. The lowest BCUT2D eigenvalue weighted by Crippen LogP contribution is -1.89. The van der Waals surface area contributed by atoms with E-state index in [1.54, 1.807) is 13.2 Å². The van der Waals surface area contributed by atoms with Crippen molar-refractivity contribution in [1.29, 1.82) is 0 Å². The summed E-state index contributed by atoms with van der Waals surface area (Å²) in [5.74, 6) is 0.645. The molecule has 1 aromatic heterocycles. The Balaban J connectivity index is 2.75. The first-order valence-electron chi connectivity index (χ1n) is 4.29. The summed E-state index contributed by atoms with van der Waals surface area (Å²) in [6, 6.07) is 5.48. The normalized spacial score (nSPS) is 10.4. The van der Waals surface area contributed by atoms with E-state index in [1.165, 1.54) is 13.2 Å². The second-order valence-electron chi connectivity index (χ2n) is 3.04. The average Bonchev–Trinajstić information content (AvgIpc) is 2.60. The fourth-order valence-electron chi connectivity index (χ4n) is 1.46. The minimum atomic E-state index is -0.00277. The lowest BCUT2D eigenvalue weighted by atomic mass is 10.1. The molecule has 2 aromatic rings. The molecule has 3 nitrogen and oxygen atoms in total. The highest BCUT2D eigenvalue weighted by molar-refractivity contribution is 6.06. The molecular weight excluding hydrogens is 180 g/mol. The van der Waals surface area contributed by atoms with Crippen LogP contribution in [0.2, 0.25) is 0 Å². The van der Waals surface area contributed by atoms with Gasteiger partial charge in [0, 0.05) is 5.39 Å². The van der Waals surface area contributed by atoms with Gasteiger partial charge in [0.25, 0.3) is 0 Å². The Morgan fingerprint density at radius 2 is 2.21 bits per heavy atom. The topological polar surface area (TPSA) is 39.4 Å². The van der Waals surface area contributed by atoms with Crippen molar-refractivity contribution < 1.29 is 13.9 Å². The summed E-state index contributed by atoms with van der Waals surface area (Å²) in [6.07, 6.45) is 1.47. The molecular formula is C11H10O3. The van der Waals surface area contributed by atoms with Gasteiger partial charge in [-0.2, -0.15) is 0 Å². The maximum Gasteiger partial charge on any atom is 0.176 e. The third kappa shape index (κ3) is 1.18. The third-order valence-electron chi connectivity index (χ3n) is 2.16. The number of carbonyl (C=O) groups excluding carboxylic acids is 1. The molecule has 0 aliphatic rings. The highest BCUT2D eigenvalue weighted by Gasteiger charge is 2.12. The molecule has 0 radical (unpaired) electrons. The number of hydrogen-bond acceptors (Lipinski definition) is 3. The van der Waals surface area contributed by atoms with Gasteiger partial charge in [0.05, 0.1) is 12.7 Å². The van der Waals surface area contributed by atoms with Gasteiger partial charge in [0.1, 0.15) is 6.26 Å². The molecule has 0 amide bonds. The Hall–Kier alpha value is -1.77. The van der Waals surface area contributed by atoms with E-state index < -0.39 is 0 Å². The molecule has 2 rings (SSSR count). The van der Waals surface area contributed by atoms with E-state index >= 15 is 0 Å². The van der Waals surface area contributed by atoms with Gasteiger partial charge in [0.2, 0.25) is 0 Å². The van der Waals surface area contributed by atoms with E-state index in [9.17, 15) is 4.79 Å². The smallest absolute Gasteiger partial charge is 0.176 e. The second kappa shape index (κ2) is 3.18. The van der Waals surface area contributed by atoms with Gasteiger partial charge in [-0.1, -0.05) is 12.1 Å². The highest BCUT2D eigenvalue weighted by Crippen LogP contribution is 2.29. The molecule has 0 fully saturated rings. The first kappa shape index (κ1) is 8.81. The van der Waals surface area contributed by atoms with Crippen LogP contribution in [-0.2, 0) is 0 Å². The van der Waals surface area contributed by atoms with Gasteiger partial charge in [-0.25, -0.2) is 0 Å². The Morgan fingerprint density at radius 1 is 1.43 bits per heavy atom. The van der Waals surface area contributed by atoms with Crippen LogP contribution in [0.15, 0.2) is 28.9 Å². The van der Waals surface area contributed by atoms with Crippen molar-refractivity contribution in [3.05, 3.63) is 30.0 Å². The van der Waals surface area contributed by atoms with Crippen LogP contribution in [0.4, 0.5) is 0 Å². The van der Waals surface area contributed by atoms with Gasteiger partial charge in [-0.05, 0) is 13.0 Å². The fourth-order valence-corrected chi connectivity index (χ4v) is 1.46. The zero-order valence-electron chi connectivity index (χ0n) is 8.03. The molecule has 1 heterocycles. The Labute approximate surface area is 81.3 Å². The van der Waals surface area contributed by atoms with Crippen molar-refractivity contribution in [2.45, 2.75) is 6.92 Å². The number of rotatable bonds is 2. The van der Waals surface area contributed by atoms with Crippen molar-refractivity contribution in [1.82, 2.24) is 0 Å². The summed E-state index contributed by atoms with van der Waals surface area (Å²) >= 11 is 0. The highest BCUT2D eigenvalue weighted by atomic mass is 16.5. The molecule has 3 heteroatoms. The minimum absolute atomic E-state index is 0.00277. The zero-order chi connectivity index (χ0) is 10.1. The summed E-state index contributed by atoms with van der Waals surface area (Å²) in [6.45, 7) is 1.52. The van der Waals surface area contributed by atoms with Gasteiger partial charge in [-0.15, -0.1) is 0 Å². The summed E-state index contributed by atoms with van der Waals surface area (Å²) in [4.78, 5) is 11.2. The molecule has 1 aromatic carbocycles. The number of Topliss-reactive ketones (excluding diaryl/α,β-unsaturated/α-hetero) is 1. The van der Waals surface area contributed by atoms with E-state index in [1.807, 2.05) is 12.1 Å². The molecule has 0 atom stereocenters. The number of ketones is 1. The van der Waals surface area contributed by atoms with Crippen LogP contribution < -0.4 is 4.74 Å². The molecule has 0 aliphatic carbocycles. The largest absolute Gasteiger partial charge is 0.493 e. The van der Waals surface area contributed by atoms with E-state index in [2.05, 4.69) is 0 Å². The summed E-state index contributed by atoms with van der Waals surface area (Å²) in [5.41, 5.74) is 1.22. The molecule has 0 spiro atoms. The number of furan rings is 1. The maximum atomic E-state index is 11.2. The van der Waals surface area contributed by atoms with Crippen molar-refractivity contribution in [2.75, 3.05) is 7.11 Å². The molecule has 0 N–H and O–H groups in total. The van der Waals surface area contributed by atoms with E-state index in [0.29, 0.717) is 16.9 Å². The Morgan fingerprint density at radius 3 is 2.86 bits per heavy atom. The molecule has 0 saturated heterocycles. The number of fused-ring (bicyclic) bond motifs is 1. The molecule has 0 unspecified atom stereocenters. The van der Waals surface area contributed by atoms with Crippen molar-refractivity contribution in [3.8, 4) is 5.75 Å². The van der Waals surface area contributed by atoms with Crippen molar-refractivity contribution in [3.63, 3.8) is 0 Å². The van der Waals surface area contributed by atoms with Gasteiger partial charge in [-0.3, -0.25) is 4.79 Å². The van der Waals surface area contributed by atoms with Crippen molar-refractivity contribution in [2.24, 2.45) is 0 Å². The van der Waals surface area contributed by atoms with Gasteiger partial charge in [0.15, 0.2) is 17.1 Å². The van der Waals surface area contributed by atoms with Crippen LogP contribution in [0, 0.1) is 0 Å². The monoisotopic (exact) mass is 190 g/mol. The number of methoxy groups -OCH3 is 1. The van der Waals surface area contributed by atoms with Crippen LogP contribution in [-0.4, -0.2) is 12.9 Å². The van der Waals surface area contributed by atoms with E-state index in [4.69, 9.17) is 9.15 Å². The van der Waals surface area contributed by atoms with Crippen LogP contribution in [0.1, 0.15) is 17.3 Å². The quantitative estimate of drug-likeness (QED) is 0.683. The summed E-state index contributed by atoms with van der Waals surface area (Å²) in [7, 11) is 1.57. The molecule has 0 saturated carbocycles. The predicted molar refractivity (Wildman–Crippen MR) is 52.8 cm³/mol. The maximum absolute atomic E-state index is 11.2. The average molecular weight is 190 g/mol. The fraction of sp³-hybridized carbons (Fsp3) is 0.182. The summed E-state index contributed by atoms with van der Waals surface area (Å²) in [5, 5.41) is 0.803. The lowest BCUT2D eigenvalue weighted by molar-refractivity contribution is 0.101. The number of carbonyl (C=O) groups is 1. The number of ether oxygens (including phenoxy) is 1. The first-order chi connectivity index (χ1) is 6.74. The Bertz CT molecular complexity index is 482. The standard InChI is InChI=1S/C11H10O3/c1-7(12)9-6-14-11-8(9)4-3-5-10(11)13-2/h3-6H,1-2H3. The first-order valence-corrected chi connectivity index (χ1v) is 4.29.